The fourth-order valence-electron chi connectivity index (χ4n) is 3.39. The molecule has 1 fully saturated rings. The van der Waals surface area contributed by atoms with E-state index in [0.29, 0.717) is 6.04 Å². The maximum atomic E-state index is 5.23. The predicted molar refractivity (Wildman–Crippen MR) is 89.9 cm³/mol. The summed E-state index contributed by atoms with van der Waals surface area (Å²) in [6.07, 6.45) is 3.62. The van der Waals surface area contributed by atoms with Gasteiger partial charge >= 0.3 is 0 Å². The Labute approximate surface area is 133 Å². The van der Waals surface area contributed by atoms with Crippen LogP contribution in [0.15, 0.2) is 0 Å². The van der Waals surface area contributed by atoms with E-state index < -0.39 is 0 Å². The van der Waals surface area contributed by atoms with Gasteiger partial charge in [0.2, 0.25) is 0 Å². The summed E-state index contributed by atoms with van der Waals surface area (Å²) in [7, 11) is 6.40. The molecule has 1 heterocycles. The molecule has 0 aromatic rings. The number of nitrogens with zero attached hydrogens (tertiary/aromatic N) is 1. The van der Waals surface area contributed by atoms with E-state index in [9.17, 15) is 0 Å². The first-order valence-electron chi connectivity index (χ1n) is 7.99. The molecule has 1 N–H and O–H groups in total. The van der Waals surface area contributed by atoms with Crippen LogP contribution in [0.2, 0.25) is 6.04 Å². The minimum absolute atomic E-state index is 0.0220. The highest BCUT2D eigenvalue weighted by molar-refractivity contribution is 6.36. The Morgan fingerprint density at radius 1 is 1.14 bits per heavy atom. The highest BCUT2D eigenvalue weighted by Gasteiger charge is 2.42. The van der Waals surface area contributed by atoms with Crippen LogP contribution in [0.1, 0.15) is 47.0 Å². The fourth-order valence-corrected chi connectivity index (χ4v) is 4.34. The summed E-state index contributed by atoms with van der Waals surface area (Å²) in [5.74, 6) is -0.0220. The van der Waals surface area contributed by atoms with E-state index >= 15 is 0 Å². The minimum Gasteiger partial charge on any atom is -0.360 e. The van der Waals surface area contributed by atoms with Gasteiger partial charge in [-0.3, -0.25) is 4.90 Å². The maximum absolute atomic E-state index is 5.23. The summed E-state index contributed by atoms with van der Waals surface area (Å²) in [5, 5.41) is 3.76. The van der Waals surface area contributed by atoms with Gasteiger partial charge in [0, 0.05) is 31.3 Å². The quantitative estimate of drug-likeness (QED) is 0.423. The van der Waals surface area contributed by atoms with Crippen LogP contribution in [-0.4, -0.2) is 65.3 Å². The molecule has 0 aromatic heterocycles. The second kappa shape index (κ2) is 8.06. The van der Waals surface area contributed by atoms with Gasteiger partial charge in [-0.05, 0) is 60.5 Å². The van der Waals surface area contributed by atoms with Gasteiger partial charge in [-0.25, -0.2) is 0 Å². The molecule has 0 spiro atoms. The molecule has 0 bridgehead atoms. The number of hydrogen-bond acceptors (Lipinski definition) is 4. The van der Waals surface area contributed by atoms with Gasteiger partial charge in [0.25, 0.3) is 0 Å². The average Bonchev–Trinajstić information content (AvgIpc) is 2.39. The Hall–Kier alpha value is 0.0569. The second-order valence-electron chi connectivity index (χ2n) is 7.35. The van der Waals surface area contributed by atoms with Crippen molar-refractivity contribution < 1.29 is 9.47 Å². The minimum atomic E-state index is -0.0220. The first-order valence-corrected chi connectivity index (χ1v) is 9.27. The van der Waals surface area contributed by atoms with E-state index in [4.69, 9.17) is 9.47 Å². The Balaban J connectivity index is 2.30. The summed E-state index contributed by atoms with van der Waals surface area (Å²) in [4.78, 5) is 2.53. The Morgan fingerprint density at radius 2 is 1.67 bits per heavy atom. The second-order valence-corrected chi connectivity index (χ2v) is 8.73. The van der Waals surface area contributed by atoms with Crippen molar-refractivity contribution in [1.82, 2.24) is 10.2 Å². The third-order valence-corrected chi connectivity index (χ3v) is 6.28. The van der Waals surface area contributed by atoms with Crippen molar-refractivity contribution in [3.05, 3.63) is 0 Å². The largest absolute Gasteiger partial charge is 0.360 e. The molecule has 0 aromatic carbocycles. The normalized spacial score (nSPS) is 22.9. The number of likely N-dealkylation sites (tertiary alicyclic amines) is 1. The summed E-state index contributed by atoms with van der Waals surface area (Å²) < 4.78 is 10.5. The highest BCUT2D eigenvalue weighted by atomic mass is 28.2. The lowest BCUT2D eigenvalue weighted by atomic mass is 9.77. The van der Waals surface area contributed by atoms with Gasteiger partial charge in [-0.1, -0.05) is 6.04 Å². The smallest absolute Gasteiger partial charge is 0.136 e. The van der Waals surface area contributed by atoms with Crippen molar-refractivity contribution in [2.24, 2.45) is 0 Å². The molecule has 1 aliphatic rings. The Kier molecular flexibility index (Phi) is 7.33. The fraction of sp³-hybridized carbons (Fsp3) is 1.00. The van der Waals surface area contributed by atoms with Crippen LogP contribution in [0.3, 0.4) is 0 Å². The summed E-state index contributed by atoms with van der Waals surface area (Å²) >= 11 is 0. The molecule has 1 rings (SSSR count). The van der Waals surface area contributed by atoms with E-state index in [-0.39, 0.29) is 17.0 Å². The van der Waals surface area contributed by atoms with Crippen molar-refractivity contribution in [3.63, 3.8) is 0 Å². The molecule has 4 nitrogen and oxygen atoms in total. The van der Waals surface area contributed by atoms with E-state index in [1.165, 1.54) is 25.3 Å². The molecular weight excluding hydrogens is 280 g/mol. The molecule has 0 amide bonds. The van der Waals surface area contributed by atoms with Crippen LogP contribution in [0.4, 0.5) is 0 Å². The lowest BCUT2D eigenvalue weighted by Crippen LogP contribution is -2.62. The molecule has 5 heteroatoms. The topological polar surface area (TPSA) is 33.7 Å². The van der Waals surface area contributed by atoms with Gasteiger partial charge < -0.3 is 14.8 Å². The lowest BCUT2D eigenvalue weighted by molar-refractivity contribution is -0.0441. The zero-order valence-corrected chi connectivity index (χ0v) is 16.0. The van der Waals surface area contributed by atoms with Crippen LogP contribution in [0.5, 0.6) is 0 Å². The number of methoxy groups -OCH3 is 2. The van der Waals surface area contributed by atoms with Crippen molar-refractivity contribution >= 4 is 9.52 Å². The van der Waals surface area contributed by atoms with Gasteiger partial charge in [-0.15, -0.1) is 0 Å². The molecule has 0 saturated carbocycles. The molecular formula is C16H34N2O2Si. The lowest BCUT2D eigenvalue weighted by Gasteiger charge is -2.53. The highest BCUT2D eigenvalue weighted by Crippen LogP contribution is 2.36. The zero-order valence-electron chi connectivity index (χ0n) is 15.0. The zero-order chi connectivity index (χ0) is 16.1. The van der Waals surface area contributed by atoms with Crippen LogP contribution in [0, 0.1) is 0 Å². The molecule has 2 radical (unpaired) electrons. The maximum Gasteiger partial charge on any atom is 0.136 e. The van der Waals surface area contributed by atoms with Crippen LogP contribution in [0.25, 0.3) is 0 Å². The van der Waals surface area contributed by atoms with Crippen LogP contribution < -0.4 is 5.32 Å². The molecule has 1 saturated heterocycles. The Bertz CT molecular complexity index is 289. The standard InChI is InChI=1S/C16H34N2O2Si/c1-15(2)11-13(12-16(3,4)18(15)5)17-9-8-10-21-14(19-6)20-7/h13-14,17H,8-12H2,1-7H3. The number of rotatable bonds is 8. The molecule has 124 valence electrons. The summed E-state index contributed by atoms with van der Waals surface area (Å²) in [6.45, 7) is 10.5. The molecule has 21 heavy (non-hydrogen) atoms. The first-order chi connectivity index (χ1) is 9.73. The molecule has 0 unspecified atom stereocenters. The van der Waals surface area contributed by atoms with Crippen molar-refractivity contribution in [2.75, 3.05) is 27.8 Å². The molecule has 0 aliphatic carbocycles. The third-order valence-electron chi connectivity index (χ3n) is 4.83. The van der Waals surface area contributed by atoms with Gasteiger partial charge in [0.1, 0.15) is 15.4 Å². The monoisotopic (exact) mass is 314 g/mol. The average molecular weight is 315 g/mol. The van der Waals surface area contributed by atoms with Gasteiger partial charge in [0.15, 0.2) is 0 Å². The number of hydrogen-bond donors (Lipinski definition) is 1. The number of ether oxygens (including phenoxy) is 2. The van der Waals surface area contributed by atoms with Gasteiger partial charge in [0.05, 0.1) is 0 Å². The van der Waals surface area contributed by atoms with Crippen molar-refractivity contribution in [2.45, 2.75) is 76.0 Å². The van der Waals surface area contributed by atoms with Crippen LogP contribution >= 0.6 is 0 Å². The SMILES string of the molecule is COC(OC)[Si]CCCNC1CC(C)(C)N(C)C(C)(C)C1. The molecule has 0 atom stereocenters. The third kappa shape index (κ3) is 5.64. The Morgan fingerprint density at radius 3 is 2.14 bits per heavy atom. The first kappa shape index (κ1) is 19.1. The summed E-state index contributed by atoms with van der Waals surface area (Å²) in [6, 6.07) is 1.79. The van der Waals surface area contributed by atoms with Crippen molar-refractivity contribution in [3.8, 4) is 0 Å². The molecule has 1 aliphatic heterocycles. The van der Waals surface area contributed by atoms with E-state index in [1.54, 1.807) is 14.2 Å². The number of nitrogens with one attached hydrogen (secondary N) is 1. The van der Waals surface area contributed by atoms with E-state index in [0.717, 1.165) is 16.1 Å². The summed E-state index contributed by atoms with van der Waals surface area (Å²) in [5.41, 5.74) is 0.525. The van der Waals surface area contributed by atoms with Crippen LogP contribution in [-0.2, 0) is 9.47 Å². The van der Waals surface area contributed by atoms with Crippen molar-refractivity contribution in [1.29, 1.82) is 0 Å². The van der Waals surface area contributed by atoms with Gasteiger partial charge in [-0.2, -0.15) is 0 Å². The van der Waals surface area contributed by atoms with E-state index in [1.807, 2.05) is 0 Å². The van der Waals surface area contributed by atoms with E-state index in [2.05, 4.69) is 45.0 Å². The number of piperidine rings is 1. The predicted octanol–water partition coefficient (Wildman–Crippen LogP) is 2.32.